The third kappa shape index (κ3) is 2.94. The molecule has 0 amide bonds. The molecule has 0 spiro atoms. The molecule has 0 bridgehead atoms. The molecule has 1 aliphatic rings. The molecule has 2 unspecified atom stereocenters. The van der Waals surface area contributed by atoms with Crippen molar-refractivity contribution in [1.29, 1.82) is 0 Å². The first-order chi connectivity index (χ1) is 7.38. The van der Waals surface area contributed by atoms with Crippen LogP contribution in [0.2, 0.25) is 0 Å². The lowest BCUT2D eigenvalue weighted by Crippen LogP contribution is -2.50. The molecule has 4 heteroatoms. The van der Waals surface area contributed by atoms with Crippen LogP contribution in [-0.2, 0) is 14.2 Å². The molecule has 0 aliphatic carbocycles. The first-order valence-electron chi connectivity index (χ1n) is 5.99. The van der Waals surface area contributed by atoms with Gasteiger partial charge in [-0.05, 0) is 27.9 Å². The molecule has 16 heavy (non-hydrogen) atoms. The average Bonchev–Trinajstić information content (AvgIpc) is 2.59. The van der Waals surface area contributed by atoms with Gasteiger partial charge in [0.25, 0.3) is 0 Å². The number of rotatable bonds is 5. The fourth-order valence-corrected chi connectivity index (χ4v) is 1.95. The summed E-state index contributed by atoms with van der Waals surface area (Å²) in [5.74, 6) is -0.308. The van der Waals surface area contributed by atoms with Gasteiger partial charge in [-0.3, -0.25) is 4.90 Å². The summed E-state index contributed by atoms with van der Waals surface area (Å²) in [5, 5.41) is 0. The van der Waals surface area contributed by atoms with Gasteiger partial charge < -0.3 is 14.2 Å². The zero-order valence-corrected chi connectivity index (χ0v) is 11.3. The third-order valence-electron chi connectivity index (χ3n) is 2.78. The Balaban J connectivity index is 2.54. The maximum absolute atomic E-state index is 6.00. The van der Waals surface area contributed by atoms with Crippen molar-refractivity contribution in [2.45, 2.75) is 45.8 Å². The van der Waals surface area contributed by atoms with Crippen molar-refractivity contribution in [1.82, 2.24) is 4.90 Å². The number of hydrogen-bond acceptors (Lipinski definition) is 4. The molecule has 96 valence electrons. The van der Waals surface area contributed by atoms with E-state index in [2.05, 4.69) is 13.8 Å². The SMILES string of the molecule is CC(C)OCC1COC(C(C)C)(N(C)C)O1. The summed E-state index contributed by atoms with van der Waals surface area (Å²) in [6.45, 7) is 9.45. The molecule has 0 saturated carbocycles. The zero-order chi connectivity index (χ0) is 12.3. The molecule has 2 atom stereocenters. The molecule has 1 heterocycles. The highest BCUT2D eigenvalue weighted by Crippen LogP contribution is 2.33. The molecule has 1 saturated heterocycles. The Morgan fingerprint density at radius 1 is 1.31 bits per heavy atom. The molecule has 0 N–H and O–H groups in total. The molecule has 1 rings (SSSR count). The van der Waals surface area contributed by atoms with Crippen LogP contribution in [-0.4, -0.2) is 50.3 Å². The van der Waals surface area contributed by atoms with Crippen molar-refractivity contribution in [3.8, 4) is 0 Å². The highest BCUT2D eigenvalue weighted by molar-refractivity contribution is 4.79. The van der Waals surface area contributed by atoms with Crippen molar-refractivity contribution >= 4 is 0 Å². The van der Waals surface area contributed by atoms with Crippen molar-refractivity contribution in [3.63, 3.8) is 0 Å². The van der Waals surface area contributed by atoms with Gasteiger partial charge in [0.1, 0.15) is 6.10 Å². The molecule has 0 aromatic heterocycles. The predicted molar refractivity (Wildman–Crippen MR) is 63.2 cm³/mol. The maximum Gasteiger partial charge on any atom is 0.232 e. The molecule has 0 aromatic carbocycles. The van der Waals surface area contributed by atoms with Crippen LogP contribution in [0.1, 0.15) is 27.7 Å². The second kappa shape index (κ2) is 5.45. The second-order valence-electron chi connectivity index (χ2n) is 5.11. The minimum atomic E-state index is -0.592. The second-order valence-corrected chi connectivity index (χ2v) is 5.11. The van der Waals surface area contributed by atoms with Crippen LogP contribution in [0.3, 0.4) is 0 Å². The van der Waals surface area contributed by atoms with Crippen LogP contribution in [0.15, 0.2) is 0 Å². The van der Waals surface area contributed by atoms with Gasteiger partial charge in [-0.15, -0.1) is 0 Å². The first-order valence-corrected chi connectivity index (χ1v) is 5.99. The van der Waals surface area contributed by atoms with E-state index in [1.54, 1.807) is 0 Å². The fraction of sp³-hybridized carbons (Fsp3) is 1.00. The summed E-state index contributed by atoms with van der Waals surface area (Å²) in [7, 11) is 3.96. The van der Waals surface area contributed by atoms with E-state index < -0.39 is 5.91 Å². The molecule has 0 radical (unpaired) electrons. The Hall–Kier alpha value is -0.160. The van der Waals surface area contributed by atoms with Crippen molar-refractivity contribution in [3.05, 3.63) is 0 Å². The summed E-state index contributed by atoms with van der Waals surface area (Å²) in [6, 6.07) is 0. The van der Waals surface area contributed by atoms with Gasteiger partial charge in [0.2, 0.25) is 5.91 Å². The van der Waals surface area contributed by atoms with Crippen LogP contribution in [0, 0.1) is 5.92 Å². The minimum absolute atomic E-state index is 0.0344. The molecular weight excluding hydrogens is 206 g/mol. The summed E-state index contributed by atoms with van der Waals surface area (Å²) < 4.78 is 17.4. The largest absolute Gasteiger partial charge is 0.376 e. The van der Waals surface area contributed by atoms with Crippen LogP contribution in [0.25, 0.3) is 0 Å². The Bertz CT molecular complexity index is 208. The summed E-state index contributed by atoms with van der Waals surface area (Å²) in [6.07, 6.45) is 0.268. The summed E-state index contributed by atoms with van der Waals surface area (Å²) in [4.78, 5) is 1.99. The van der Waals surface area contributed by atoms with Crippen molar-refractivity contribution in [2.75, 3.05) is 27.3 Å². The lowest BCUT2D eigenvalue weighted by molar-refractivity contribution is -0.279. The van der Waals surface area contributed by atoms with E-state index in [4.69, 9.17) is 14.2 Å². The summed E-state index contributed by atoms with van der Waals surface area (Å²) >= 11 is 0. The fourth-order valence-electron chi connectivity index (χ4n) is 1.95. The smallest absolute Gasteiger partial charge is 0.232 e. The van der Waals surface area contributed by atoms with E-state index >= 15 is 0 Å². The van der Waals surface area contributed by atoms with Gasteiger partial charge in [0, 0.05) is 5.92 Å². The van der Waals surface area contributed by atoms with Crippen molar-refractivity contribution in [2.24, 2.45) is 5.92 Å². The normalized spacial score (nSPS) is 30.9. The van der Waals surface area contributed by atoms with Crippen molar-refractivity contribution < 1.29 is 14.2 Å². The lowest BCUT2D eigenvalue weighted by atomic mass is 10.1. The standard InChI is InChI=1S/C12H25NO3/c1-9(2)12(13(5)6)15-8-11(16-12)7-14-10(3)4/h9-11H,7-8H2,1-6H3. The Kier molecular flexibility index (Phi) is 4.73. The minimum Gasteiger partial charge on any atom is -0.376 e. The Morgan fingerprint density at radius 2 is 1.94 bits per heavy atom. The topological polar surface area (TPSA) is 30.9 Å². The highest BCUT2D eigenvalue weighted by atomic mass is 16.8. The predicted octanol–water partition coefficient (Wildman–Crippen LogP) is 1.70. The zero-order valence-electron chi connectivity index (χ0n) is 11.3. The van der Waals surface area contributed by atoms with Gasteiger partial charge >= 0.3 is 0 Å². The number of hydrogen-bond donors (Lipinski definition) is 0. The van der Waals surface area contributed by atoms with E-state index in [0.29, 0.717) is 13.2 Å². The molecule has 4 nitrogen and oxygen atoms in total. The van der Waals surface area contributed by atoms with Gasteiger partial charge in [-0.2, -0.15) is 0 Å². The molecule has 0 aromatic rings. The number of nitrogens with zero attached hydrogens (tertiary/aromatic N) is 1. The molecule has 1 fully saturated rings. The van der Waals surface area contributed by atoms with E-state index in [1.807, 2.05) is 32.8 Å². The van der Waals surface area contributed by atoms with E-state index in [-0.39, 0.29) is 18.1 Å². The average molecular weight is 231 g/mol. The quantitative estimate of drug-likeness (QED) is 0.720. The summed E-state index contributed by atoms with van der Waals surface area (Å²) in [5.41, 5.74) is 0. The van der Waals surface area contributed by atoms with Crippen LogP contribution < -0.4 is 0 Å². The Morgan fingerprint density at radius 3 is 2.31 bits per heavy atom. The lowest BCUT2D eigenvalue weighted by Gasteiger charge is -2.37. The maximum atomic E-state index is 6.00. The van der Waals surface area contributed by atoms with E-state index in [1.165, 1.54) is 0 Å². The monoisotopic (exact) mass is 231 g/mol. The van der Waals surface area contributed by atoms with Crippen LogP contribution in [0.4, 0.5) is 0 Å². The van der Waals surface area contributed by atoms with Gasteiger partial charge in [0.15, 0.2) is 0 Å². The van der Waals surface area contributed by atoms with E-state index in [9.17, 15) is 0 Å². The Labute approximate surface area is 98.8 Å². The molecule has 1 aliphatic heterocycles. The third-order valence-corrected chi connectivity index (χ3v) is 2.78. The van der Waals surface area contributed by atoms with Gasteiger partial charge in [-0.1, -0.05) is 13.8 Å². The van der Waals surface area contributed by atoms with Crippen LogP contribution in [0.5, 0.6) is 0 Å². The van der Waals surface area contributed by atoms with Gasteiger partial charge in [0.05, 0.1) is 19.3 Å². The first kappa shape index (κ1) is 13.9. The van der Waals surface area contributed by atoms with E-state index in [0.717, 1.165) is 0 Å². The van der Waals surface area contributed by atoms with Crippen LogP contribution >= 0.6 is 0 Å². The van der Waals surface area contributed by atoms with Gasteiger partial charge in [-0.25, -0.2) is 0 Å². The number of ether oxygens (including phenoxy) is 3. The molecular formula is C12H25NO3. The highest BCUT2D eigenvalue weighted by Gasteiger charge is 2.46.